The van der Waals surface area contributed by atoms with Crippen LogP contribution in [0.5, 0.6) is 0 Å². The molecule has 0 aliphatic heterocycles. The summed E-state index contributed by atoms with van der Waals surface area (Å²) in [4.78, 5) is 15.8. The van der Waals surface area contributed by atoms with Crippen LogP contribution in [-0.4, -0.2) is 9.55 Å². The summed E-state index contributed by atoms with van der Waals surface area (Å²) in [6.45, 7) is 1.62. The molecule has 1 aromatic carbocycles. The second-order valence-electron chi connectivity index (χ2n) is 3.81. The van der Waals surface area contributed by atoms with E-state index >= 15 is 0 Å². The lowest BCUT2D eigenvalue weighted by Crippen LogP contribution is -2.23. The largest absolute Gasteiger partial charge is 0.294 e. The Kier molecular flexibility index (Phi) is 3.56. The van der Waals surface area contributed by atoms with Gasteiger partial charge in [-0.25, -0.2) is 13.8 Å². The zero-order valence-electron chi connectivity index (χ0n) is 9.45. The van der Waals surface area contributed by atoms with Gasteiger partial charge in [0.05, 0.1) is 18.6 Å². The van der Waals surface area contributed by atoms with E-state index in [-0.39, 0.29) is 17.7 Å². The summed E-state index contributed by atoms with van der Waals surface area (Å²) >= 11 is 3.11. The van der Waals surface area contributed by atoms with Crippen LogP contribution in [0.1, 0.15) is 11.3 Å². The van der Waals surface area contributed by atoms with Crippen LogP contribution < -0.4 is 5.56 Å². The Morgan fingerprint density at radius 2 is 2.11 bits per heavy atom. The van der Waals surface area contributed by atoms with Crippen LogP contribution in [0.25, 0.3) is 0 Å². The molecule has 94 valence electrons. The van der Waals surface area contributed by atoms with E-state index in [1.165, 1.54) is 10.9 Å². The number of aromatic nitrogens is 2. The molecule has 0 saturated carbocycles. The lowest BCUT2D eigenvalue weighted by Gasteiger charge is -2.08. The average Bonchev–Trinajstić information content (AvgIpc) is 2.34. The van der Waals surface area contributed by atoms with Gasteiger partial charge in [-0.15, -0.1) is 0 Å². The van der Waals surface area contributed by atoms with Gasteiger partial charge in [0.15, 0.2) is 0 Å². The first-order valence-corrected chi connectivity index (χ1v) is 5.94. The van der Waals surface area contributed by atoms with Gasteiger partial charge in [0.1, 0.15) is 16.1 Å². The highest BCUT2D eigenvalue weighted by atomic mass is 79.9. The third kappa shape index (κ3) is 2.48. The molecule has 18 heavy (non-hydrogen) atoms. The van der Waals surface area contributed by atoms with Gasteiger partial charge in [-0.05, 0) is 41.1 Å². The number of nitrogens with zero attached hydrogens (tertiary/aromatic N) is 2. The molecular formula is C12H9BrF2N2O. The Morgan fingerprint density at radius 1 is 1.39 bits per heavy atom. The lowest BCUT2D eigenvalue weighted by molar-refractivity contribution is 0.572. The Morgan fingerprint density at radius 3 is 2.83 bits per heavy atom. The number of halogens is 3. The van der Waals surface area contributed by atoms with Gasteiger partial charge in [-0.1, -0.05) is 0 Å². The average molecular weight is 315 g/mol. The molecule has 0 atom stereocenters. The van der Waals surface area contributed by atoms with Gasteiger partial charge in [0.25, 0.3) is 5.56 Å². The van der Waals surface area contributed by atoms with Crippen molar-refractivity contribution in [3.63, 3.8) is 0 Å². The number of aryl methyl sites for hydroxylation is 1. The molecule has 2 aromatic rings. The highest BCUT2D eigenvalue weighted by Crippen LogP contribution is 2.12. The summed E-state index contributed by atoms with van der Waals surface area (Å²) in [6, 6.07) is 3.13. The van der Waals surface area contributed by atoms with Gasteiger partial charge in [0, 0.05) is 5.56 Å². The van der Waals surface area contributed by atoms with Crippen LogP contribution in [0, 0.1) is 18.6 Å². The van der Waals surface area contributed by atoms with Gasteiger partial charge in [-0.3, -0.25) is 9.36 Å². The van der Waals surface area contributed by atoms with E-state index in [4.69, 9.17) is 0 Å². The van der Waals surface area contributed by atoms with E-state index in [0.29, 0.717) is 10.2 Å². The first-order chi connectivity index (χ1) is 8.49. The topological polar surface area (TPSA) is 34.9 Å². The maximum absolute atomic E-state index is 13.5. The molecule has 3 nitrogen and oxygen atoms in total. The SMILES string of the molecule is Cc1ncn(Cc2cc(F)ccc2F)c(=O)c1Br. The smallest absolute Gasteiger partial charge is 0.268 e. The van der Waals surface area contributed by atoms with Crippen molar-refractivity contribution >= 4 is 15.9 Å². The number of benzene rings is 1. The van der Waals surface area contributed by atoms with Crippen molar-refractivity contribution in [1.29, 1.82) is 0 Å². The molecule has 0 aliphatic carbocycles. The predicted octanol–water partition coefficient (Wildman–Crippen LogP) is 2.64. The molecule has 1 aromatic heterocycles. The molecule has 6 heteroatoms. The van der Waals surface area contributed by atoms with Crippen LogP contribution >= 0.6 is 15.9 Å². The molecule has 0 aliphatic rings. The number of hydrogen-bond donors (Lipinski definition) is 0. The lowest BCUT2D eigenvalue weighted by atomic mass is 10.2. The Balaban J connectivity index is 2.44. The fourth-order valence-corrected chi connectivity index (χ4v) is 1.84. The van der Waals surface area contributed by atoms with Gasteiger partial charge in [-0.2, -0.15) is 0 Å². The van der Waals surface area contributed by atoms with Crippen molar-refractivity contribution in [2.24, 2.45) is 0 Å². The molecular weight excluding hydrogens is 306 g/mol. The van der Waals surface area contributed by atoms with Crippen LogP contribution in [0.2, 0.25) is 0 Å². The predicted molar refractivity (Wildman–Crippen MR) is 66.4 cm³/mol. The fourth-order valence-electron chi connectivity index (χ4n) is 1.51. The van der Waals surface area contributed by atoms with Crippen molar-refractivity contribution in [2.75, 3.05) is 0 Å². The normalized spacial score (nSPS) is 10.7. The quantitative estimate of drug-likeness (QED) is 0.854. The Hall–Kier alpha value is -1.56. The molecule has 0 unspecified atom stereocenters. The molecule has 0 radical (unpaired) electrons. The van der Waals surface area contributed by atoms with E-state index in [1.807, 2.05) is 0 Å². The summed E-state index contributed by atoms with van der Waals surface area (Å²) in [5.74, 6) is -1.10. The minimum absolute atomic E-state index is 0.0612. The van der Waals surface area contributed by atoms with Gasteiger partial charge in [0.2, 0.25) is 0 Å². The first kappa shape index (κ1) is 12.9. The van der Waals surface area contributed by atoms with Crippen molar-refractivity contribution in [3.8, 4) is 0 Å². The van der Waals surface area contributed by atoms with Crippen molar-refractivity contribution < 1.29 is 8.78 Å². The zero-order valence-corrected chi connectivity index (χ0v) is 11.0. The molecule has 0 fully saturated rings. The summed E-state index contributed by atoms with van der Waals surface area (Å²) in [6.07, 6.45) is 1.31. The highest BCUT2D eigenvalue weighted by Gasteiger charge is 2.09. The fraction of sp³-hybridized carbons (Fsp3) is 0.167. The third-order valence-corrected chi connectivity index (χ3v) is 3.42. The molecule has 0 bridgehead atoms. The summed E-state index contributed by atoms with van der Waals surface area (Å²) in [7, 11) is 0. The van der Waals surface area contributed by atoms with Gasteiger partial charge < -0.3 is 0 Å². The van der Waals surface area contributed by atoms with E-state index in [2.05, 4.69) is 20.9 Å². The van der Waals surface area contributed by atoms with Crippen LogP contribution in [0.15, 0.2) is 33.8 Å². The summed E-state index contributed by atoms with van der Waals surface area (Å²) in [5.41, 5.74) is 0.330. The van der Waals surface area contributed by atoms with Crippen LogP contribution in [0.3, 0.4) is 0 Å². The van der Waals surface area contributed by atoms with Crippen molar-refractivity contribution in [3.05, 3.63) is 62.2 Å². The Bertz CT molecular complexity index is 655. The minimum atomic E-state index is -0.556. The molecule has 0 saturated heterocycles. The second kappa shape index (κ2) is 4.97. The standard InChI is InChI=1S/C12H9BrF2N2O/c1-7-11(13)12(18)17(6-16-7)5-8-4-9(14)2-3-10(8)15/h2-4,6H,5H2,1H3. The maximum Gasteiger partial charge on any atom is 0.268 e. The number of rotatable bonds is 2. The Labute approximate surface area is 110 Å². The van der Waals surface area contributed by atoms with E-state index < -0.39 is 11.6 Å². The van der Waals surface area contributed by atoms with E-state index in [9.17, 15) is 13.6 Å². The first-order valence-electron chi connectivity index (χ1n) is 5.14. The van der Waals surface area contributed by atoms with Crippen LogP contribution in [-0.2, 0) is 6.54 Å². The minimum Gasteiger partial charge on any atom is -0.294 e. The highest BCUT2D eigenvalue weighted by molar-refractivity contribution is 9.10. The molecule has 0 amide bonds. The number of hydrogen-bond acceptors (Lipinski definition) is 2. The monoisotopic (exact) mass is 314 g/mol. The zero-order chi connectivity index (χ0) is 13.3. The van der Waals surface area contributed by atoms with Crippen molar-refractivity contribution in [2.45, 2.75) is 13.5 Å². The van der Waals surface area contributed by atoms with Gasteiger partial charge >= 0.3 is 0 Å². The molecule has 0 N–H and O–H groups in total. The maximum atomic E-state index is 13.5. The third-order valence-electron chi connectivity index (χ3n) is 2.51. The van der Waals surface area contributed by atoms with E-state index in [0.717, 1.165) is 18.2 Å². The molecule has 0 spiro atoms. The van der Waals surface area contributed by atoms with Crippen LogP contribution in [0.4, 0.5) is 8.78 Å². The second-order valence-corrected chi connectivity index (χ2v) is 4.61. The summed E-state index contributed by atoms with van der Waals surface area (Å²) < 4.78 is 28.0. The summed E-state index contributed by atoms with van der Waals surface area (Å²) in [5, 5.41) is 0. The molecule has 1 heterocycles. The van der Waals surface area contributed by atoms with Crippen molar-refractivity contribution in [1.82, 2.24) is 9.55 Å². The van der Waals surface area contributed by atoms with E-state index in [1.54, 1.807) is 6.92 Å². The molecule has 2 rings (SSSR count).